The van der Waals surface area contributed by atoms with E-state index in [4.69, 9.17) is 15.4 Å². The molecule has 9 heteroatoms. The van der Waals surface area contributed by atoms with Gasteiger partial charge in [0.2, 0.25) is 5.75 Å². The lowest BCUT2D eigenvalue weighted by Gasteiger charge is -2.08. The van der Waals surface area contributed by atoms with Crippen molar-refractivity contribution in [2.45, 2.75) is 11.8 Å². The Labute approximate surface area is 107 Å². The highest BCUT2D eigenvalue weighted by atomic mass is 35.7. The van der Waals surface area contributed by atoms with Crippen molar-refractivity contribution in [3.8, 4) is 5.75 Å². The minimum atomic E-state index is -4.26. The number of halogens is 1. The van der Waals surface area contributed by atoms with Crippen molar-refractivity contribution in [3.63, 3.8) is 0 Å². The van der Waals surface area contributed by atoms with Gasteiger partial charge in [-0.3, -0.25) is 14.9 Å². The van der Waals surface area contributed by atoms with E-state index in [1.807, 2.05) is 0 Å². The van der Waals surface area contributed by atoms with E-state index in [9.17, 15) is 23.3 Å². The van der Waals surface area contributed by atoms with Crippen molar-refractivity contribution < 1.29 is 22.9 Å². The van der Waals surface area contributed by atoms with E-state index < -0.39 is 30.3 Å². The number of hydrogen-bond donors (Lipinski definition) is 0. The van der Waals surface area contributed by atoms with E-state index in [0.717, 1.165) is 12.1 Å². The zero-order chi connectivity index (χ0) is 13.9. The van der Waals surface area contributed by atoms with E-state index in [1.165, 1.54) is 6.92 Å². The lowest BCUT2D eigenvalue weighted by Crippen LogP contribution is -2.04. The van der Waals surface area contributed by atoms with E-state index in [2.05, 4.69) is 0 Å². The third kappa shape index (κ3) is 2.96. The number of hydrogen-bond acceptors (Lipinski definition) is 6. The van der Waals surface area contributed by atoms with Gasteiger partial charge in [-0.05, 0) is 13.0 Å². The lowest BCUT2D eigenvalue weighted by atomic mass is 10.2. The van der Waals surface area contributed by atoms with Crippen molar-refractivity contribution in [1.29, 1.82) is 0 Å². The predicted molar refractivity (Wildman–Crippen MR) is 62.7 cm³/mol. The first-order valence-electron chi connectivity index (χ1n) is 4.66. The second kappa shape index (κ2) is 5.32. The van der Waals surface area contributed by atoms with Crippen molar-refractivity contribution in [2.75, 3.05) is 6.61 Å². The van der Waals surface area contributed by atoms with Crippen LogP contribution in [0, 0.1) is 10.1 Å². The van der Waals surface area contributed by atoms with Crippen LogP contribution in [0.3, 0.4) is 0 Å². The van der Waals surface area contributed by atoms with Gasteiger partial charge in [0.1, 0.15) is 11.2 Å². The van der Waals surface area contributed by atoms with Crippen LogP contribution in [0.1, 0.15) is 17.3 Å². The molecule has 0 spiro atoms. The maximum atomic E-state index is 11.3. The van der Waals surface area contributed by atoms with Gasteiger partial charge in [-0.1, -0.05) is 0 Å². The molecule has 7 nitrogen and oxygen atoms in total. The fourth-order valence-electron chi connectivity index (χ4n) is 1.28. The topological polar surface area (TPSA) is 104 Å². The van der Waals surface area contributed by atoms with Gasteiger partial charge >= 0.3 is 5.69 Å². The molecule has 0 aliphatic rings. The molecule has 0 bridgehead atoms. The highest BCUT2D eigenvalue weighted by molar-refractivity contribution is 8.13. The molecule has 0 aromatic heterocycles. The van der Waals surface area contributed by atoms with Gasteiger partial charge in [0, 0.05) is 22.3 Å². The smallest absolute Gasteiger partial charge is 0.313 e. The van der Waals surface area contributed by atoms with Gasteiger partial charge in [-0.15, -0.1) is 0 Å². The third-order valence-corrected chi connectivity index (χ3v) is 3.27. The van der Waals surface area contributed by atoms with Gasteiger partial charge in [-0.25, -0.2) is 8.42 Å². The fraction of sp³-hybridized carbons (Fsp3) is 0.222. The minimum absolute atomic E-state index is 0.0146. The average molecular weight is 294 g/mol. The first-order chi connectivity index (χ1) is 8.31. The first kappa shape index (κ1) is 14.4. The normalized spacial score (nSPS) is 11.0. The molecule has 0 atom stereocenters. The molecule has 0 fully saturated rings. The molecular formula is C9H8ClNO6S. The average Bonchev–Trinajstić information content (AvgIpc) is 2.27. The Morgan fingerprint density at radius 2 is 2.11 bits per heavy atom. The summed E-state index contributed by atoms with van der Waals surface area (Å²) in [4.78, 5) is 20.0. The molecule has 0 heterocycles. The summed E-state index contributed by atoms with van der Waals surface area (Å²) < 4.78 is 27.6. The van der Waals surface area contributed by atoms with E-state index in [-0.39, 0.29) is 18.5 Å². The zero-order valence-electron chi connectivity index (χ0n) is 9.12. The second-order valence-corrected chi connectivity index (χ2v) is 5.65. The number of benzene rings is 1. The first-order valence-corrected chi connectivity index (χ1v) is 6.97. The summed E-state index contributed by atoms with van der Waals surface area (Å²) in [5.74, 6) is -0.469. The molecule has 1 aromatic rings. The number of nitrogens with zero attached hydrogens (tertiary/aromatic N) is 1. The number of rotatable bonds is 5. The monoisotopic (exact) mass is 293 g/mol. The Morgan fingerprint density at radius 3 is 2.50 bits per heavy atom. The molecule has 0 radical (unpaired) electrons. The molecule has 18 heavy (non-hydrogen) atoms. The minimum Gasteiger partial charge on any atom is -0.486 e. The van der Waals surface area contributed by atoms with Gasteiger partial charge in [0.25, 0.3) is 9.05 Å². The molecule has 0 saturated heterocycles. The maximum Gasteiger partial charge on any atom is 0.313 e. The Kier molecular flexibility index (Phi) is 4.25. The van der Waals surface area contributed by atoms with Crippen LogP contribution < -0.4 is 4.74 Å². The van der Waals surface area contributed by atoms with Crippen LogP contribution in [0.5, 0.6) is 5.75 Å². The molecule has 0 N–H and O–H groups in total. The van der Waals surface area contributed by atoms with E-state index >= 15 is 0 Å². The molecule has 0 unspecified atom stereocenters. The van der Waals surface area contributed by atoms with Crippen LogP contribution in [-0.4, -0.2) is 26.2 Å². The van der Waals surface area contributed by atoms with Gasteiger partial charge in [0.05, 0.1) is 11.5 Å². The number of nitro benzene ring substituents is 1. The summed E-state index contributed by atoms with van der Waals surface area (Å²) in [5, 5.41) is 10.8. The fourth-order valence-corrected chi connectivity index (χ4v) is 2.29. The number of aldehydes is 1. The van der Waals surface area contributed by atoms with Crippen molar-refractivity contribution >= 4 is 31.7 Å². The summed E-state index contributed by atoms with van der Waals surface area (Å²) in [6, 6.07) is 1.84. The molecular weight excluding hydrogens is 286 g/mol. The molecule has 0 aliphatic carbocycles. The summed E-state index contributed by atoms with van der Waals surface area (Å²) in [6.07, 6.45) is 0.286. The van der Waals surface area contributed by atoms with Crippen molar-refractivity contribution in [2.24, 2.45) is 0 Å². The quantitative estimate of drug-likeness (QED) is 0.354. The van der Waals surface area contributed by atoms with Crippen LogP contribution in [0.15, 0.2) is 17.0 Å². The van der Waals surface area contributed by atoms with E-state index in [1.54, 1.807) is 0 Å². The van der Waals surface area contributed by atoms with Crippen LogP contribution in [0.4, 0.5) is 5.69 Å². The molecule has 0 aliphatic heterocycles. The standard InChI is InChI=1S/C9H8ClNO6S/c1-2-17-9-7(11(13)14)3-6(5-12)4-8(9)18(10,15)16/h3-5H,2H2,1H3. The van der Waals surface area contributed by atoms with Crippen molar-refractivity contribution in [1.82, 2.24) is 0 Å². The number of carbonyl (C=O) groups is 1. The summed E-state index contributed by atoms with van der Waals surface area (Å²) in [6.45, 7) is 1.54. The Hall–Kier alpha value is -1.67. The van der Waals surface area contributed by atoms with Crippen LogP contribution in [0.2, 0.25) is 0 Å². The van der Waals surface area contributed by atoms with Crippen LogP contribution in [0.25, 0.3) is 0 Å². The summed E-state index contributed by atoms with van der Waals surface area (Å²) in [5.41, 5.74) is -0.801. The molecule has 0 saturated carbocycles. The summed E-state index contributed by atoms with van der Waals surface area (Å²) >= 11 is 0. The molecule has 98 valence electrons. The second-order valence-electron chi connectivity index (χ2n) is 3.11. The predicted octanol–water partition coefficient (Wildman–Crippen LogP) is 1.73. The number of carbonyl (C=O) groups excluding carboxylic acids is 1. The Bertz CT molecular complexity index is 597. The van der Waals surface area contributed by atoms with Gasteiger partial charge < -0.3 is 4.74 Å². The number of ether oxygens (including phenoxy) is 1. The lowest BCUT2D eigenvalue weighted by molar-refractivity contribution is -0.386. The Morgan fingerprint density at radius 1 is 1.50 bits per heavy atom. The summed E-state index contributed by atoms with van der Waals surface area (Å²) in [7, 11) is 0.898. The van der Waals surface area contributed by atoms with Crippen LogP contribution in [-0.2, 0) is 9.05 Å². The number of nitro groups is 1. The maximum absolute atomic E-state index is 11.3. The van der Waals surface area contributed by atoms with Crippen LogP contribution >= 0.6 is 10.7 Å². The highest BCUT2D eigenvalue weighted by Gasteiger charge is 2.27. The van der Waals surface area contributed by atoms with Gasteiger partial charge in [0.15, 0.2) is 0 Å². The van der Waals surface area contributed by atoms with E-state index in [0.29, 0.717) is 0 Å². The largest absolute Gasteiger partial charge is 0.486 e. The van der Waals surface area contributed by atoms with Gasteiger partial charge in [-0.2, -0.15) is 0 Å². The highest BCUT2D eigenvalue weighted by Crippen LogP contribution is 2.36. The van der Waals surface area contributed by atoms with Crippen molar-refractivity contribution in [3.05, 3.63) is 27.8 Å². The molecule has 1 aromatic carbocycles. The molecule has 0 amide bonds. The molecule has 1 rings (SSSR count). The Balaban J connectivity index is 3.70. The zero-order valence-corrected chi connectivity index (χ0v) is 10.7. The SMILES string of the molecule is CCOc1c([N+](=O)[O-])cc(C=O)cc1S(=O)(=O)Cl. The third-order valence-electron chi connectivity index (χ3n) is 1.94.